The Kier molecular flexibility index (Phi) is 7.66. The average Bonchev–Trinajstić information content (AvgIpc) is 3.62. The third-order valence-corrected chi connectivity index (χ3v) is 8.46. The summed E-state index contributed by atoms with van der Waals surface area (Å²) in [6.45, 7) is 8.90. The summed E-state index contributed by atoms with van der Waals surface area (Å²) in [5, 5.41) is 7.84. The molecule has 15 heteroatoms. The smallest absolute Gasteiger partial charge is 0.361 e. The van der Waals surface area contributed by atoms with E-state index in [-0.39, 0.29) is 23.6 Å². The van der Waals surface area contributed by atoms with E-state index < -0.39 is 37.7 Å². The molecule has 1 atom stereocenters. The third-order valence-electron chi connectivity index (χ3n) is 6.75. The number of amides is 1. The zero-order valence-electron chi connectivity index (χ0n) is 23.7. The zero-order valence-corrected chi connectivity index (χ0v) is 24.7. The predicted molar refractivity (Wildman–Crippen MR) is 151 cm³/mol. The molecule has 5 aromatic rings. The van der Waals surface area contributed by atoms with E-state index in [1.54, 1.807) is 23.9 Å². The average molecular weight is 603 g/mol. The molecule has 1 amide bonds. The molecule has 222 valence electrons. The van der Waals surface area contributed by atoms with Crippen LogP contribution in [0, 0.1) is 5.82 Å². The minimum absolute atomic E-state index is 0.0481. The van der Waals surface area contributed by atoms with Crippen LogP contribution in [0.3, 0.4) is 0 Å². The van der Waals surface area contributed by atoms with E-state index in [4.69, 9.17) is 9.72 Å². The SMILES string of the molecule is C[C@H](NC(=O)c1cn(COCC[Si](C)(C)C)c2ncc(-c3nn(C)c4cc(F)ccc34)nc12)c1ncc(C(F)(F)F)[nH]1. The van der Waals surface area contributed by atoms with Crippen molar-refractivity contribution < 1.29 is 27.1 Å². The summed E-state index contributed by atoms with van der Waals surface area (Å²) in [5.41, 5.74) is 1.15. The monoisotopic (exact) mass is 602 g/mol. The largest absolute Gasteiger partial charge is 0.432 e. The molecule has 1 aromatic carbocycles. The highest BCUT2D eigenvalue weighted by atomic mass is 28.3. The first-order valence-electron chi connectivity index (χ1n) is 13.2. The fourth-order valence-electron chi connectivity index (χ4n) is 4.43. The lowest BCUT2D eigenvalue weighted by Gasteiger charge is -2.15. The van der Waals surface area contributed by atoms with Crippen LogP contribution < -0.4 is 5.32 Å². The number of hydrogen-bond acceptors (Lipinski definition) is 6. The van der Waals surface area contributed by atoms with E-state index in [9.17, 15) is 22.4 Å². The number of carbonyl (C=O) groups excluding carboxylic acids is 1. The number of benzene rings is 1. The van der Waals surface area contributed by atoms with Crippen molar-refractivity contribution in [2.45, 2.75) is 51.6 Å². The number of carbonyl (C=O) groups is 1. The van der Waals surface area contributed by atoms with Crippen molar-refractivity contribution in [2.24, 2.45) is 7.05 Å². The van der Waals surface area contributed by atoms with E-state index >= 15 is 0 Å². The highest BCUT2D eigenvalue weighted by molar-refractivity contribution is 6.76. The summed E-state index contributed by atoms with van der Waals surface area (Å²) < 4.78 is 62.1. The number of hydrogen-bond donors (Lipinski definition) is 2. The number of nitrogens with one attached hydrogen (secondary N) is 2. The van der Waals surface area contributed by atoms with Crippen LogP contribution in [-0.2, 0) is 24.7 Å². The number of ether oxygens (including phenoxy) is 1. The fourth-order valence-corrected chi connectivity index (χ4v) is 5.19. The Balaban J connectivity index is 1.50. The number of aromatic nitrogens is 7. The highest BCUT2D eigenvalue weighted by Crippen LogP contribution is 2.30. The summed E-state index contributed by atoms with van der Waals surface area (Å²) in [5.74, 6) is -1.04. The van der Waals surface area contributed by atoms with Gasteiger partial charge in [-0.2, -0.15) is 18.3 Å². The van der Waals surface area contributed by atoms with Gasteiger partial charge in [0.2, 0.25) is 0 Å². The van der Waals surface area contributed by atoms with Gasteiger partial charge in [-0.3, -0.25) is 9.48 Å². The Labute approximate surface area is 239 Å². The van der Waals surface area contributed by atoms with Crippen molar-refractivity contribution in [2.75, 3.05) is 6.61 Å². The van der Waals surface area contributed by atoms with Gasteiger partial charge < -0.3 is 19.6 Å². The van der Waals surface area contributed by atoms with Crippen molar-refractivity contribution in [1.29, 1.82) is 0 Å². The van der Waals surface area contributed by atoms with Gasteiger partial charge in [0.15, 0.2) is 5.65 Å². The number of aryl methyl sites for hydroxylation is 1. The van der Waals surface area contributed by atoms with Crippen molar-refractivity contribution in [3.63, 3.8) is 0 Å². The maximum Gasteiger partial charge on any atom is 0.432 e. The van der Waals surface area contributed by atoms with Crippen molar-refractivity contribution in [3.8, 4) is 11.4 Å². The lowest BCUT2D eigenvalue weighted by Crippen LogP contribution is -2.27. The number of aromatic amines is 1. The molecule has 0 saturated heterocycles. The van der Waals surface area contributed by atoms with E-state index in [1.165, 1.54) is 29.9 Å². The van der Waals surface area contributed by atoms with Crippen molar-refractivity contribution in [1.82, 2.24) is 39.6 Å². The maximum absolute atomic E-state index is 13.9. The van der Waals surface area contributed by atoms with Crippen LogP contribution in [0.4, 0.5) is 17.6 Å². The highest BCUT2D eigenvalue weighted by Gasteiger charge is 2.33. The minimum atomic E-state index is -4.59. The second kappa shape index (κ2) is 10.9. The molecule has 2 N–H and O–H groups in total. The topological polar surface area (TPSA) is 116 Å². The Morgan fingerprint density at radius 1 is 1.19 bits per heavy atom. The molecule has 0 aliphatic carbocycles. The zero-order chi connectivity index (χ0) is 30.4. The van der Waals surface area contributed by atoms with Crippen LogP contribution in [0.15, 0.2) is 36.8 Å². The molecule has 0 unspecified atom stereocenters. The fraction of sp³-hybridized carbons (Fsp3) is 0.370. The number of imidazole rings is 1. The Morgan fingerprint density at radius 2 is 1.95 bits per heavy atom. The molecule has 10 nitrogen and oxygen atoms in total. The maximum atomic E-state index is 13.9. The van der Waals surface area contributed by atoms with Crippen molar-refractivity contribution in [3.05, 3.63) is 59.7 Å². The van der Waals surface area contributed by atoms with Crippen LogP contribution in [0.25, 0.3) is 33.5 Å². The molecule has 0 saturated carbocycles. The second-order valence-corrected chi connectivity index (χ2v) is 16.9. The molecular weight excluding hydrogens is 572 g/mol. The molecule has 0 spiro atoms. The number of halogens is 4. The van der Waals surface area contributed by atoms with Crippen LogP contribution >= 0.6 is 0 Å². The third kappa shape index (κ3) is 6.06. The molecule has 5 rings (SSSR count). The molecule has 0 radical (unpaired) electrons. The molecule has 0 bridgehead atoms. The van der Waals surface area contributed by atoms with Crippen LogP contribution in [0.2, 0.25) is 25.7 Å². The first-order valence-corrected chi connectivity index (χ1v) is 16.9. The normalized spacial score (nSPS) is 13.3. The molecule has 0 aliphatic rings. The van der Waals surface area contributed by atoms with Crippen LogP contribution in [0.5, 0.6) is 0 Å². The van der Waals surface area contributed by atoms with Crippen LogP contribution in [0.1, 0.15) is 34.8 Å². The Bertz CT molecular complexity index is 1770. The van der Waals surface area contributed by atoms with Gasteiger partial charge in [-0.1, -0.05) is 19.6 Å². The van der Waals surface area contributed by atoms with E-state index in [1.807, 2.05) is 0 Å². The predicted octanol–water partition coefficient (Wildman–Crippen LogP) is 5.67. The van der Waals surface area contributed by atoms with Gasteiger partial charge in [0.25, 0.3) is 5.91 Å². The summed E-state index contributed by atoms with van der Waals surface area (Å²) in [7, 11) is 0.355. The summed E-state index contributed by atoms with van der Waals surface area (Å²) in [6, 6.07) is 4.37. The molecule has 0 aliphatic heterocycles. The van der Waals surface area contributed by atoms with Crippen molar-refractivity contribution >= 4 is 36.0 Å². The number of H-pyrrole nitrogens is 1. The minimum Gasteiger partial charge on any atom is -0.361 e. The number of alkyl halides is 3. The first-order chi connectivity index (χ1) is 19.7. The molecule has 4 heterocycles. The number of nitrogens with zero attached hydrogens (tertiary/aromatic N) is 6. The van der Waals surface area contributed by atoms with Gasteiger partial charge >= 0.3 is 6.18 Å². The van der Waals surface area contributed by atoms with Gasteiger partial charge in [0.05, 0.1) is 29.5 Å². The van der Waals surface area contributed by atoms with E-state index in [0.29, 0.717) is 40.7 Å². The summed E-state index contributed by atoms with van der Waals surface area (Å²) in [6.07, 6.45) is -0.828. The summed E-state index contributed by atoms with van der Waals surface area (Å²) in [4.78, 5) is 28.8. The molecule has 4 aromatic heterocycles. The van der Waals surface area contributed by atoms with E-state index in [2.05, 4.69) is 45.0 Å². The van der Waals surface area contributed by atoms with Gasteiger partial charge in [-0.05, 0) is 31.2 Å². The van der Waals surface area contributed by atoms with Gasteiger partial charge in [-0.15, -0.1) is 0 Å². The van der Waals surface area contributed by atoms with E-state index in [0.717, 1.165) is 6.04 Å². The number of rotatable bonds is 9. The number of fused-ring (bicyclic) bond motifs is 2. The van der Waals surface area contributed by atoms with Gasteiger partial charge in [0, 0.05) is 33.3 Å². The lowest BCUT2D eigenvalue weighted by atomic mass is 10.1. The Hall–Kier alpha value is -4.11. The summed E-state index contributed by atoms with van der Waals surface area (Å²) >= 11 is 0. The molecular formula is C27H30F4N8O2Si. The quantitative estimate of drug-likeness (QED) is 0.128. The Morgan fingerprint density at radius 3 is 2.64 bits per heavy atom. The molecule has 0 fully saturated rings. The lowest BCUT2D eigenvalue weighted by molar-refractivity contribution is -0.140. The standard InChI is InChI=1S/C27H30F4N8O2Si/c1-15(24-32-12-21(36-24)27(29,30)31)34-26(40)18-13-39(14-41-8-9-42(3,4)5)25-23(18)35-19(11-33-25)22-17-7-6-16(28)10-20(17)38(2)37-22/h6-7,10-13,15H,8-9,14H2,1-5H3,(H,32,36)(H,34,40)/t15-/m0/s1. The van der Waals surface area contributed by atoms with Crippen LogP contribution in [-0.4, -0.2) is 54.9 Å². The van der Waals surface area contributed by atoms with Gasteiger partial charge in [0.1, 0.15) is 41.0 Å². The van der Waals surface area contributed by atoms with Gasteiger partial charge in [-0.25, -0.2) is 19.3 Å². The molecule has 42 heavy (non-hydrogen) atoms. The first kappa shape index (κ1) is 29.4. The second-order valence-electron chi connectivity index (χ2n) is 11.3.